The first-order chi connectivity index (χ1) is 11.2. The van der Waals surface area contributed by atoms with Gasteiger partial charge in [0.1, 0.15) is 11.6 Å². The Morgan fingerprint density at radius 3 is 2.74 bits per heavy atom. The van der Waals surface area contributed by atoms with Crippen LogP contribution in [0.15, 0.2) is 36.7 Å². The fourth-order valence-corrected chi connectivity index (χ4v) is 3.22. The molecule has 0 radical (unpaired) electrons. The Kier molecular flexibility index (Phi) is 3.14. The summed E-state index contributed by atoms with van der Waals surface area (Å²) in [5.74, 6) is 0.127. The third kappa shape index (κ3) is 2.19. The van der Waals surface area contributed by atoms with E-state index in [2.05, 4.69) is 16.2 Å². The van der Waals surface area contributed by atoms with Gasteiger partial charge < -0.3 is 0 Å². The number of benzene rings is 1. The third-order valence-electron chi connectivity index (χ3n) is 4.26. The summed E-state index contributed by atoms with van der Waals surface area (Å²) in [6, 6.07) is 9.64. The van der Waals surface area contributed by atoms with Gasteiger partial charge in [0.15, 0.2) is 11.4 Å². The topological polar surface area (TPSA) is 71.1 Å². The zero-order chi connectivity index (χ0) is 16.0. The first-order valence-electron chi connectivity index (χ1n) is 7.21. The number of rotatable bonds is 1. The molecule has 1 aliphatic carbocycles. The van der Waals surface area contributed by atoms with E-state index in [1.54, 1.807) is 10.7 Å². The van der Waals surface area contributed by atoms with Gasteiger partial charge in [-0.25, -0.2) is 9.50 Å². The number of halogens is 1. The van der Waals surface area contributed by atoms with Crippen LogP contribution in [-0.4, -0.2) is 20.4 Å². The van der Waals surface area contributed by atoms with Crippen LogP contribution in [0, 0.1) is 11.3 Å². The lowest BCUT2D eigenvalue weighted by molar-refractivity contribution is 0.0962. The average Bonchev–Trinajstić information content (AvgIpc) is 2.99. The number of hydrogen-bond donors (Lipinski definition) is 0. The van der Waals surface area contributed by atoms with Crippen molar-refractivity contribution in [1.82, 2.24) is 14.6 Å². The lowest BCUT2D eigenvalue weighted by Crippen LogP contribution is -2.22. The highest BCUT2D eigenvalue weighted by Gasteiger charge is 2.29. The molecule has 0 bridgehead atoms. The summed E-state index contributed by atoms with van der Waals surface area (Å²) in [5, 5.41) is 14.0. The molecule has 0 amide bonds. The van der Waals surface area contributed by atoms with Gasteiger partial charge in [0.05, 0.1) is 17.5 Å². The number of Topliss-reactive ketones (excluding diaryl/α,β-unsaturated/α-hetero) is 1. The lowest BCUT2D eigenvalue weighted by Gasteiger charge is -2.24. The molecule has 4 rings (SSSR count). The molecule has 2 aromatic heterocycles. The molecule has 0 spiro atoms. The number of aromatic nitrogens is 3. The molecule has 5 nitrogen and oxygen atoms in total. The Bertz CT molecular complexity index is 969. The quantitative estimate of drug-likeness (QED) is 0.690. The number of ketones is 1. The molecule has 3 aromatic rings. The molecule has 1 atom stereocenters. The van der Waals surface area contributed by atoms with Crippen LogP contribution in [0.25, 0.3) is 5.65 Å². The molecule has 23 heavy (non-hydrogen) atoms. The summed E-state index contributed by atoms with van der Waals surface area (Å²) in [4.78, 5) is 16.7. The number of fused-ring (bicyclic) bond motifs is 3. The van der Waals surface area contributed by atoms with E-state index in [1.807, 2.05) is 24.3 Å². The van der Waals surface area contributed by atoms with Crippen molar-refractivity contribution in [2.24, 2.45) is 0 Å². The molecular formula is C17H11ClN4O. The van der Waals surface area contributed by atoms with Gasteiger partial charge in [0, 0.05) is 17.6 Å². The summed E-state index contributed by atoms with van der Waals surface area (Å²) < 4.78 is 1.62. The van der Waals surface area contributed by atoms with Gasteiger partial charge in [-0.2, -0.15) is 10.4 Å². The Balaban J connectivity index is 1.83. The van der Waals surface area contributed by atoms with Crippen molar-refractivity contribution in [3.63, 3.8) is 0 Å². The lowest BCUT2D eigenvalue weighted by atomic mass is 9.82. The SMILES string of the molecule is N#Cc1cnn2c3c(cnc12)C(=O)CC(c1ccc(Cl)cc1)C3. The minimum atomic E-state index is 0.0506. The maximum Gasteiger partial charge on any atom is 0.173 e. The van der Waals surface area contributed by atoms with Crippen molar-refractivity contribution in [1.29, 1.82) is 5.26 Å². The highest BCUT2D eigenvalue weighted by atomic mass is 35.5. The van der Waals surface area contributed by atoms with Crippen molar-refractivity contribution >= 4 is 23.0 Å². The van der Waals surface area contributed by atoms with E-state index >= 15 is 0 Å². The fourth-order valence-electron chi connectivity index (χ4n) is 3.10. The van der Waals surface area contributed by atoms with Crippen molar-refractivity contribution in [2.75, 3.05) is 0 Å². The second-order valence-corrected chi connectivity index (χ2v) is 6.04. The van der Waals surface area contributed by atoms with E-state index in [-0.39, 0.29) is 11.7 Å². The Morgan fingerprint density at radius 1 is 1.22 bits per heavy atom. The summed E-state index contributed by atoms with van der Waals surface area (Å²) in [6.45, 7) is 0. The van der Waals surface area contributed by atoms with E-state index in [0.29, 0.717) is 34.6 Å². The first-order valence-corrected chi connectivity index (χ1v) is 7.59. The molecule has 112 valence electrons. The van der Waals surface area contributed by atoms with Crippen LogP contribution in [-0.2, 0) is 6.42 Å². The summed E-state index contributed by atoms with van der Waals surface area (Å²) in [7, 11) is 0. The largest absolute Gasteiger partial charge is 0.294 e. The standard InChI is InChI=1S/C17H11ClN4O/c18-13-3-1-10(2-4-13)11-5-15-14(16(23)6-11)9-20-17-12(7-19)8-21-22(15)17/h1-4,8-9,11H,5-6H2. The predicted octanol–water partition coefficient (Wildman–Crippen LogP) is 3.17. The summed E-state index contributed by atoms with van der Waals surface area (Å²) in [5.41, 5.74) is 3.39. The van der Waals surface area contributed by atoms with Gasteiger partial charge in [0.2, 0.25) is 0 Å². The molecule has 0 aliphatic heterocycles. The van der Waals surface area contributed by atoms with E-state index in [4.69, 9.17) is 16.9 Å². The zero-order valence-electron chi connectivity index (χ0n) is 12.0. The third-order valence-corrected chi connectivity index (χ3v) is 4.51. The monoisotopic (exact) mass is 322 g/mol. The molecular weight excluding hydrogens is 312 g/mol. The normalized spacial score (nSPS) is 17.0. The number of carbonyl (C=O) groups is 1. The second kappa shape index (κ2) is 5.18. The average molecular weight is 323 g/mol. The van der Waals surface area contributed by atoms with Gasteiger partial charge in [-0.3, -0.25) is 4.79 Å². The van der Waals surface area contributed by atoms with E-state index in [9.17, 15) is 4.79 Å². The van der Waals surface area contributed by atoms with Crippen molar-refractivity contribution in [2.45, 2.75) is 18.8 Å². The number of hydrogen-bond acceptors (Lipinski definition) is 4. The van der Waals surface area contributed by atoms with Crippen LogP contribution < -0.4 is 0 Å². The van der Waals surface area contributed by atoms with E-state index in [0.717, 1.165) is 11.3 Å². The Hall–Kier alpha value is -2.71. The maximum atomic E-state index is 12.5. The molecule has 0 saturated carbocycles. The van der Waals surface area contributed by atoms with Gasteiger partial charge in [-0.05, 0) is 30.0 Å². The summed E-state index contributed by atoms with van der Waals surface area (Å²) >= 11 is 5.94. The minimum Gasteiger partial charge on any atom is -0.294 e. The summed E-state index contributed by atoms with van der Waals surface area (Å²) in [6.07, 6.45) is 4.16. The van der Waals surface area contributed by atoms with E-state index in [1.165, 1.54) is 6.20 Å². The van der Waals surface area contributed by atoms with Gasteiger partial charge in [-0.15, -0.1) is 0 Å². The number of carbonyl (C=O) groups excluding carboxylic acids is 1. The molecule has 2 heterocycles. The van der Waals surface area contributed by atoms with Crippen LogP contribution in [0.1, 0.15) is 39.5 Å². The van der Waals surface area contributed by atoms with Gasteiger partial charge in [0.25, 0.3) is 0 Å². The van der Waals surface area contributed by atoms with Crippen molar-refractivity contribution < 1.29 is 4.79 Å². The molecule has 0 fully saturated rings. The fraction of sp³-hybridized carbons (Fsp3) is 0.176. The molecule has 0 saturated heterocycles. The van der Waals surface area contributed by atoms with Gasteiger partial charge >= 0.3 is 0 Å². The molecule has 6 heteroatoms. The highest BCUT2D eigenvalue weighted by molar-refractivity contribution is 6.30. The van der Waals surface area contributed by atoms with Crippen LogP contribution in [0.3, 0.4) is 0 Å². The maximum absolute atomic E-state index is 12.5. The van der Waals surface area contributed by atoms with Crippen LogP contribution in [0.4, 0.5) is 0 Å². The zero-order valence-corrected chi connectivity index (χ0v) is 12.8. The Morgan fingerprint density at radius 2 is 2.00 bits per heavy atom. The van der Waals surface area contributed by atoms with E-state index < -0.39 is 0 Å². The second-order valence-electron chi connectivity index (χ2n) is 5.60. The van der Waals surface area contributed by atoms with Gasteiger partial charge in [-0.1, -0.05) is 23.7 Å². The minimum absolute atomic E-state index is 0.0506. The number of nitriles is 1. The smallest absolute Gasteiger partial charge is 0.173 e. The molecule has 0 N–H and O–H groups in total. The molecule has 1 unspecified atom stereocenters. The predicted molar refractivity (Wildman–Crippen MR) is 84.5 cm³/mol. The van der Waals surface area contributed by atoms with Crippen LogP contribution in [0.5, 0.6) is 0 Å². The van der Waals surface area contributed by atoms with Crippen LogP contribution >= 0.6 is 11.6 Å². The van der Waals surface area contributed by atoms with Crippen molar-refractivity contribution in [3.8, 4) is 6.07 Å². The molecule has 1 aliphatic rings. The highest BCUT2D eigenvalue weighted by Crippen LogP contribution is 2.33. The van der Waals surface area contributed by atoms with Crippen molar-refractivity contribution in [3.05, 3.63) is 64.1 Å². The molecule has 1 aromatic carbocycles. The van der Waals surface area contributed by atoms with Crippen LogP contribution in [0.2, 0.25) is 5.02 Å². The Labute approximate surface area is 137 Å². The first kappa shape index (κ1) is 13.9. The number of nitrogens with zero attached hydrogens (tertiary/aromatic N) is 4.